The first-order valence-corrected chi connectivity index (χ1v) is 3.79. The number of hydrogen-bond donors (Lipinski definition) is 1. The van der Waals surface area contributed by atoms with E-state index in [1.165, 1.54) is 0 Å². The van der Waals surface area contributed by atoms with Gasteiger partial charge in [-0.15, -0.1) is 0 Å². The molecule has 0 atom stereocenters. The number of rotatable bonds is 0. The largest absolute Gasteiger partial charge is 0.444 e. The number of fused-ring (bicyclic) bond motifs is 1. The Hall–Kier alpha value is -1.51. The van der Waals surface area contributed by atoms with Crippen LogP contribution >= 0.6 is 0 Å². The van der Waals surface area contributed by atoms with Crippen molar-refractivity contribution in [3.05, 3.63) is 29.3 Å². The Morgan fingerprint density at radius 2 is 2.42 bits per heavy atom. The number of cyclic esters (lactones) is 1. The van der Waals surface area contributed by atoms with Crippen molar-refractivity contribution in [3.63, 3.8) is 0 Å². The summed E-state index contributed by atoms with van der Waals surface area (Å²) in [6.45, 7) is 2.36. The highest BCUT2D eigenvalue weighted by molar-refractivity contribution is 5.87. The lowest BCUT2D eigenvalue weighted by atomic mass is 10.1. The van der Waals surface area contributed by atoms with E-state index < -0.39 is 0 Å². The SMILES string of the molecule is Cc1ccc2c(c1)NC(=O)OC2.[HH]. The van der Waals surface area contributed by atoms with Crippen molar-refractivity contribution in [1.82, 2.24) is 0 Å². The highest BCUT2D eigenvalue weighted by Crippen LogP contribution is 2.22. The van der Waals surface area contributed by atoms with Crippen LogP contribution in [0.25, 0.3) is 0 Å². The van der Waals surface area contributed by atoms with Gasteiger partial charge >= 0.3 is 6.09 Å². The average Bonchev–Trinajstić information content (AvgIpc) is 2.03. The van der Waals surface area contributed by atoms with Crippen LogP contribution in [0.3, 0.4) is 0 Å². The van der Waals surface area contributed by atoms with Gasteiger partial charge < -0.3 is 4.74 Å². The molecule has 64 valence electrons. The summed E-state index contributed by atoms with van der Waals surface area (Å²) in [5.74, 6) is 0. The highest BCUT2D eigenvalue weighted by Gasteiger charge is 2.14. The molecule has 0 unspecified atom stereocenters. The topological polar surface area (TPSA) is 38.3 Å². The smallest absolute Gasteiger partial charge is 0.411 e. The van der Waals surface area contributed by atoms with Crippen molar-refractivity contribution in [2.24, 2.45) is 0 Å². The molecule has 1 aliphatic rings. The van der Waals surface area contributed by atoms with E-state index in [-0.39, 0.29) is 7.52 Å². The number of anilines is 1. The number of hydrogen-bond acceptors (Lipinski definition) is 2. The Kier molecular flexibility index (Phi) is 1.50. The zero-order valence-corrected chi connectivity index (χ0v) is 6.76. The number of aryl methyl sites for hydroxylation is 1. The standard InChI is InChI=1S/C9H9NO2.H2/c1-6-2-3-7-5-12-9(11)10-8(7)4-6;/h2-4H,5H2,1H3,(H,10,11);1H. The first-order valence-electron chi connectivity index (χ1n) is 3.79. The normalized spacial score (nSPS) is 14.6. The van der Waals surface area contributed by atoms with Gasteiger partial charge in [0, 0.05) is 6.99 Å². The molecule has 0 spiro atoms. The number of carbonyl (C=O) groups excluding carboxylic acids is 1. The second-order valence-corrected chi connectivity index (χ2v) is 2.86. The summed E-state index contributed by atoms with van der Waals surface area (Å²) >= 11 is 0. The van der Waals surface area contributed by atoms with Crippen LogP contribution in [-0.2, 0) is 11.3 Å². The predicted octanol–water partition coefficient (Wildman–Crippen LogP) is 2.30. The number of nitrogens with one attached hydrogen (secondary N) is 1. The molecule has 0 bridgehead atoms. The van der Waals surface area contributed by atoms with Gasteiger partial charge in [0.15, 0.2) is 0 Å². The maximum atomic E-state index is 10.8. The Morgan fingerprint density at radius 3 is 3.25 bits per heavy atom. The molecular formula is C9H11NO2. The van der Waals surface area contributed by atoms with E-state index in [0.29, 0.717) is 6.61 Å². The van der Waals surface area contributed by atoms with Crippen LogP contribution in [0.4, 0.5) is 10.5 Å². The molecule has 0 saturated heterocycles. The van der Waals surface area contributed by atoms with Gasteiger partial charge in [0.25, 0.3) is 0 Å². The predicted molar refractivity (Wildman–Crippen MR) is 47.1 cm³/mol. The van der Waals surface area contributed by atoms with E-state index in [4.69, 9.17) is 4.74 Å². The molecule has 0 radical (unpaired) electrons. The monoisotopic (exact) mass is 165 g/mol. The van der Waals surface area contributed by atoms with Gasteiger partial charge in [0.2, 0.25) is 0 Å². The molecule has 1 aliphatic heterocycles. The summed E-state index contributed by atoms with van der Waals surface area (Å²) in [6, 6.07) is 5.90. The van der Waals surface area contributed by atoms with Gasteiger partial charge in [-0.3, -0.25) is 5.32 Å². The fourth-order valence-corrected chi connectivity index (χ4v) is 1.22. The van der Waals surface area contributed by atoms with Crippen molar-refractivity contribution in [1.29, 1.82) is 0 Å². The lowest BCUT2D eigenvalue weighted by molar-refractivity contribution is 0.151. The molecular weight excluding hydrogens is 154 g/mol. The molecule has 1 heterocycles. The summed E-state index contributed by atoms with van der Waals surface area (Å²) < 4.78 is 4.79. The minimum atomic E-state index is -0.367. The van der Waals surface area contributed by atoms with Crippen LogP contribution in [0.2, 0.25) is 0 Å². The fourth-order valence-electron chi connectivity index (χ4n) is 1.22. The zero-order chi connectivity index (χ0) is 8.55. The van der Waals surface area contributed by atoms with E-state index in [0.717, 1.165) is 16.8 Å². The summed E-state index contributed by atoms with van der Waals surface area (Å²) in [4.78, 5) is 10.8. The molecule has 12 heavy (non-hydrogen) atoms. The lowest BCUT2D eigenvalue weighted by Gasteiger charge is -2.17. The van der Waals surface area contributed by atoms with Gasteiger partial charge in [-0.25, -0.2) is 4.79 Å². The molecule has 1 amide bonds. The Morgan fingerprint density at radius 1 is 1.58 bits per heavy atom. The van der Waals surface area contributed by atoms with Crippen LogP contribution in [0.15, 0.2) is 18.2 Å². The Labute approximate surface area is 71.8 Å². The summed E-state index contributed by atoms with van der Waals surface area (Å²) in [5, 5.41) is 2.64. The van der Waals surface area contributed by atoms with Crippen molar-refractivity contribution in [2.45, 2.75) is 13.5 Å². The van der Waals surface area contributed by atoms with Gasteiger partial charge in [-0.05, 0) is 18.6 Å². The van der Waals surface area contributed by atoms with Crippen molar-refractivity contribution in [2.75, 3.05) is 5.32 Å². The highest BCUT2D eigenvalue weighted by atomic mass is 16.5. The van der Waals surface area contributed by atoms with Crippen LogP contribution in [0.5, 0.6) is 0 Å². The number of benzene rings is 1. The summed E-state index contributed by atoms with van der Waals surface area (Å²) in [7, 11) is 0. The fraction of sp³-hybridized carbons (Fsp3) is 0.222. The van der Waals surface area contributed by atoms with Crippen molar-refractivity contribution >= 4 is 11.8 Å². The van der Waals surface area contributed by atoms with E-state index in [1.54, 1.807) is 0 Å². The second kappa shape index (κ2) is 2.52. The maximum Gasteiger partial charge on any atom is 0.411 e. The molecule has 0 fully saturated rings. The van der Waals surface area contributed by atoms with Crippen LogP contribution < -0.4 is 5.32 Å². The maximum absolute atomic E-state index is 10.8. The van der Waals surface area contributed by atoms with Gasteiger partial charge in [0.05, 0.1) is 5.69 Å². The molecule has 3 heteroatoms. The van der Waals surface area contributed by atoms with Gasteiger partial charge in [-0.2, -0.15) is 0 Å². The van der Waals surface area contributed by atoms with Gasteiger partial charge in [-0.1, -0.05) is 12.1 Å². The number of ether oxygens (including phenoxy) is 1. The van der Waals surface area contributed by atoms with E-state index in [1.807, 2.05) is 25.1 Å². The Balaban J connectivity index is 0.000000845. The zero-order valence-electron chi connectivity index (χ0n) is 6.76. The summed E-state index contributed by atoms with van der Waals surface area (Å²) in [5.41, 5.74) is 3.03. The number of amides is 1. The molecule has 1 N–H and O–H groups in total. The quantitative estimate of drug-likeness (QED) is 0.640. The molecule has 2 rings (SSSR count). The molecule has 0 saturated carbocycles. The first kappa shape index (κ1) is 7.16. The number of carbonyl (C=O) groups is 1. The minimum Gasteiger partial charge on any atom is -0.444 e. The molecule has 0 aliphatic carbocycles. The third-order valence-corrected chi connectivity index (χ3v) is 1.86. The average molecular weight is 165 g/mol. The molecule has 3 nitrogen and oxygen atoms in total. The van der Waals surface area contributed by atoms with E-state index >= 15 is 0 Å². The first-order chi connectivity index (χ1) is 5.75. The van der Waals surface area contributed by atoms with Crippen molar-refractivity contribution < 1.29 is 11.0 Å². The summed E-state index contributed by atoms with van der Waals surface area (Å²) in [6.07, 6.45) is -0.367. The van der Waals surface area contributed by atoms with E-state index in [9.17, 15) is 4.79 Å². The second-order valence-electron chi connectivity index (χ2n) is 2.86. The van der Waals surface area contributed by atoms with Crippen LogP contribution in [-0.4, -0.2) is 6.09 Å². The van der Waals surface area contributed by atoms with E-state index in [2.05, 4.69) is 5.32 Å². The Bertz CT molecular complexity index is 338. The third-order valence-electron chi connectivity index (χ3n) is 1.86. The molecule has 1 aromatic carbocycles. The third kappa shape index (κ3) is 1.13. The van der Waals surface area contributed by atoms with Crippen molar-refractivity contribution in [3.8, 4) is 0 Å². The lowest BCUT2D eigenvalue weighted by Crippen LogP contribution is -2.20. The van der Waals surface area contributed by atoms with Gasteiger partial charge in [0.1, 0.15) is 6.61 Å². The van der Waals surface area contributed by atoms with Crippen LogP contribution in [0, 0.1) is 6.92 Å². The molecule has 1 aromatic rings. The molecule has 0 aromatic heterocycles. The van der Waals surface area contributed by atoms with Crippen LogP contribution in [0.1, 0.15) is 12.6 Å². The minimum absolute atomic E-state index is 0.